The number of aliphatic hydroxyl groups excluding tert-OH is 1. The minimum Gasteiger partial charge on any atom is -0.372 e. The van der Waals surface area contributed by atoms with Gasteiger partial charge in [0.05, 0.1) is 23.9 Å². The summed E-state index contributed by atoms with van der Waals surface area (Å²) >= 11 is 0. The molecular weight excluding hydrogens is 220 g/mol. The van der Waals surface area contributed by atoms with Crippen molar-refractivity contribution in [1.29, 1.82) is 0 Å². The lowest BCUT2D eigenvalue weighted by molar-refractivity contribution is -0.0849. The van der Waals surface area contributed by atoms with E-state index in [1.165, 1.54) is 19.3 Å². The van der Waals surface area contributed by atoms with Crippen molar-refractivity contribution < 1.29 is 19.3 Å². The Morgan fingerprint density at radius 2 is 1.88 bits per heavy atom. The van der Waals surface area contributed by atoms with Crippen molar-refractivity contribution >= 4 is 0 Å². The maximum absolute atomic E-state index is 9.39. The summed E-state index contributed by atoms with van der Waals surface area (Å²) in [6.45, 7) is 2.23. The lowest BCUT2D eigenvalue weighted by atomic mass is 9.77. The fourth-order valence-corrected chi connectivity index (χ4v) is 3.89. The van der Waals surface area contributed by atoms with Crippen LogP contribution in [0.3, 0.4) is 0 Å². The highest BCUT2D eigenvalue weighted by atomic mass is 16.7. The van der Waals surface area contributed by atoms with Gasteiger partial charge in [-0.3, -0.25) is 0 Å². The lowest BCUT2D eigenvalue weighted by Gasteiger charge is -2.34. The number of fused-ring (bicyclic) bond motifs is 3. The molecule has 0 spiro atoms. The Bertz CT molecular complexity index is 333. The van der Waals surface area contributed by atoms with Crippen molar-refractivity contribution in [3.63, 3.8) is 0 Å². The average Bonchev–Trinajstić information content (AvgIpc) is 3.17. The van der Waals surface area contributed by atoms with Gasteiger partial charge in [0.15, 0.2) is 6.29 Å². The van der Waals surface area contributed by atoms with E-state index in [1.54, 1.807) is 0 Å². The Balaban J connectivity index is 1.57. The van der Waals surface area contributed by atoms with Crippen LogP contribution in [0.4, 0.5) is 0 Å². The van der Waals surface area contributed by atoms with Gasteiger partial charge in [-0.2, -0.15) is 0 Å². The van der Waals surface area contributed by atoms with Gasteiger partial charge in [-0.05, 0) is 19.8 Å². The monoisotopic (exact) mass is 240 g/mol. The average molecular weight is 240 g/mol. The van der Waals surface area contributed by atoms with E-state index < -0.39 is 6.29 Å². The van der Waals surface area contributed by atoms with E-state index >= 15 is 0 Å². The predicted molar refractivity (Wildman–Crippen MR) is 59.4 cm³/mol. The molecular formula is C13H20O4. The topological polar surface area (TPSA) is 54.5 Å². The zero-order valence-corrected chi connectivity index (χ0v) is 10.2. The van der Waals surface area contributed by atoms with Crippen molar-refractivity contribution in [2.45, 2.75) is 75.3 Å². The van der Waals surface area contributed by atoms with E-state index in [0.717, 1.165) is 12.8 Å². The fraction of sp³-hybridized carbons (Fsp3) is 1.00. The molecule has 0 aromatic heterocycles. The molecule has 1 saturated carbocycles. The van der Waals surface area contributed by atoms with Crippen LogP contribution in [-0.2, 0) is 14.2 Å². The standard InChI is InChI=1S/C13H20O4/c1-13-7-4-2-3-5-8(7)15-9(6-10(13)17-13)11-12(14)16-11/h7-12,14H,2-6H2,1H3. The summed E-state index contributed by atoms with van der Waals surface area (Å²) in [6.07, 6.45) is 5.73. The van der Waals surface area contributed by atoms with Gasteiger partial charge in [-0.15, -0.1) is 0 Å². The molecule has 7 unspecified atom stereocenters. The molecule has 0 aromatic rings. The van der Waals surface area contributed by atoms with Crippen molar-refractivity contribution in [3.05, 3.63) is 0 Å². The molecule has 0 bridgehead atoms. The smallest absolute Gasteiger partial charge is 0.184 e. The second kappa shape index (κ2) is 3.44. The molecule has 7 atom stereocenters. The number of ether oxygens (including phenoxy) is 3. The molecule has 0 aromatic carbocycles. The Labute approximate surface area is 101 Å². The van der Waals surface area contributed by atoms with Crippen LogP contribution < -0.4 is 0 Å². The first-order valence-electron chi connectivity index (χ1n) is 6.85. The fourth-order valence-electron chi connectivity index (χ4n) is 3.89. The maximum atomic E-state index is 9.39. The summed E-state index contributed by atoms with van der Waals surface area (Å²) in [6, 6.07) is 0. The molecule has 3 heterocycles. The van der Waals surface area contributed by atoms with E-state index in [4.69, 9.17) is 14.2 Å². The van der Waals surface area contributed by atoms with E-state index in [1.807, 2.05) is 0 Å². The first kappa shape index (κ1) is 10.7. The van der Waals surface area contributed by atoms with Gasteiger partial charge in [0.1, 0.15) is 6.10 Å². The highest BCUT2D eigenvalue weighted by Crippen LogP contribution is 2.54. The molecule has 1 aliphatic carbocycles. The van der Waals surface area contributed by atoms with Gasteiger partial charge in [0.2, 0.25) is 0 Å². The molecule has 3 aliphatic heterocycles. The quantitative estimate of drug-likeness (QED) is 0.700. The van der Waals surface area contributed by atoms with Gasteiger partial charge in [-0.25, -0.2) is 0 Å². The molecule has 4 aliphatic rings. The van der Waals surface area contributed by atoms with Crippen LogP contribution >= 0.6 is 0 Å². The van der Waals surface area contributed by atoms with Crippen LogP contribution in [0.25, 0.3) is 0 Å². The zero-order chi connectivity index (χ0) is 11.6. The summed E-state index contributed by atoms with van der Waals surface area (Å²) in [5.41, 5.74) is 0.0413. The van der Waals surface area contributed by atoms with Crippen LogP contribution in [-0.4, -0.2) is 41.4 Å². The Hall–Kier alpha value is -0.160. The Kier molecular flexibility index (Phi) is 2.17. The van der Waals surface area contributed by atoms with E-state index in [9.17, 15) is 5.11 Å². The summed E-state index contributed by atoms with van der Waals surface area (Å²) in [5, 5.41) is 9.39. The number of hydrogen-bond donors (Lipinski definition) is 1. The molecule has 0 amide bonds. The first-order valence-corrected chi connectivity index (χ1v) is 6.85. The summed E-state index contributed by atoms with van der Waals surface area (Å²) in [7, 11) is 0. The van der Waals surface area contributed by atoms with Gasteiger partial charge in [-0.1, -0.05) is 12.8 Å². The summed E-state index contributed by atoms with van der Waals surface area (Å²) < 4.78 is 17.3. The first-order chi connectivity index (χ1) is 8.18. The molecule has 4 nitrogen and oxygen atoms in total. The van der Waals surface area contributed by atoms with Crippen LogP contribution in [0.2, 0.25) is 0 Å². The van der Waals surface area contributed by atoms with Crippen molar-refractivity contribution in [1.82, 2.24) is 0 Å². The van der Waals surface area contributed by atoms with Crippen molar-refractivity contribution in [2.75, 3.05) is 0 Å². The third kappa shape index (κ3) is 1.58. The third-order valence-electron chi connectivity index (χ3n) is 5.08. The van der Waals surface area contributed by atoms with Crippen LogP contribution in [0.15, 0.2) is 0 Å². The minimum absolute atomic E-state index is 0.0323. The summed E-state index contributed by atoms with van der Waals surface area (Å²) in [5.74, 6) is 0.544. The second-order valence-corrected chi connectivity index (χ2v) is 6.12. The zero-order valence-electron chi connectivity index (χ0n) is 10.2. The van der Waals surface area contributed by atoms with Crippen molar-refractivity contribution in [2.24, 2.45) is 5.92 Å². The molecule has 96 valence electrons. The molecule has 17 heavy (non-hydrogen) atoms. The van der Waals surface area contributed by atoms with E-state index in [-0.39, 0.29) is 17.8 Å². The van der Waals surface area contributed by atoms with Gasteiger partial charge in [0.25, 0.3) is 0 Å². The maximum Gasteiger partial charge on any atom is 0.184 e. The van der Waals surface area contributed by atoms with Crippen LogP contribution in [0.1, 0.15) is 39.0 Å². The predicted octanol–water partition coefficient (Wildman–Crippen LogP) is 1.21. The molecule has 1 N–H and O–H groups in total. The number of rotatable bonds is 1. The van der Waals surface area contributed by atoms with Gasteiger partial charge in [0, 0.05) is 12.3 Å². The van der Waals surface area contributed by atoms with Gasteiger partial charge < -0.3 is 19.3 Å². The Morgan fingerprint density at radius 1 is 1.12 bits per heavy atom. The number of epoxide rings is 2. The van der Waals surface area contributed by atoms with Crippen LogP contribution in [0, 0.1) is 5.92 Å². The Morgan fingerprint density at radius 3 is 2.65 bits per heavy atom. The largest absolute Gasteiger partial charge is 0.372 e. The molecule has 0 radical (unpaired) electrons. The normalized spacial score (nSPS) is 61.1. The highest BCUT2D eigenvalue weighted by Gasteiger charge is 2.64. The molecule has 4 rings (SSSR count). The van der Waals surface area contributed by atoms with Crippen LogP contribution in [0.5, 0.6) is 0 Å². The third-order valence-corrected chi connectivity index (χ3v) is 5.08. The molecule has 4 heteroatoms. The van der Waals surface area contributed by atoms with E-state index in [0.29, 0.717) is 18.1 Å². The molecule has 3 saturated heterocycles. The van der Waals surface area contributed by atoms with E-state index in [2.05, 4.69) is 6.92 Å². The summed E-state index contributed by atoms with van der Waals surface area (Å²) in [4.78, 5) is 0. The van der Waals surface area contributed by atoms with Crippen molar-refractivity contribution in [3.8, 4) is 0 Å². The number of aliphatic hydroxyl groups is 1. The SMILES string of the molecule is CC12OC1CC(C1OC1O)OC1CCCCC12. The number of hydrogen-bond acceptors (Lipinski definition) is 4. The second-order valence-electron chi connectivity index (χ2n) is 6.12. The van der Waals surface area contributed by atoms with Gasteiger partial charge >= 0.3 is 0 Å². The highest BCUT2D eigenvalue weighted by molar-refractivity contribution is 5.11. The minimum atomic E-state index is -0.606. The molecule has 4 fully saturated rings. The lowest BCUT2D eigenvalue weighted by Crippen LogP contribution is -2.38.